The number of rotatable bonds is 6. The molecule has 0 unspecified atom stereocenters. The fourth-order valence-electron chi connectivity index (χ4n) is 2.05. The van der Waals surface area contributed by atoms with Crippen molar-refractivity contribution >= 4 is 29.2 Å². The second kappa shape index (κ2) is 8.67. The highest BCUT2D eigenvalue weighted by molar-refractivity contribution is 6.31. The van der Waals surface area contributed by atoms with Gasteiger partial charge in [0.15, 0.2) is 12.2 Å². The molecule has 0 aliphatic carbocycles. The average molecular weight is 380 g/mol. The molecule has 5 nitrogen and oxygen atoms in total. The molecule has 2 aromatic carbocycles. The summed E-state index contributed by atoms with van der Waals surface area (Å²) in [5.41, 5.74) is 1.37. The van der Waals surface area contributed by atoms with Gasteiger partial charge in [-0.1, -0.05) is 17.7 Å². The molecule has 2 rings (SSSR count). The normalized spacial score (nSPS) is 12.8. The maximum Gasteiger partial charge on any atom is 0.347 e. The molecule has 0 saturated carbocycles. The van der Waals surface area contributed by atoms with Crippen molar-refractivity contribution in [2.45, 2.75) is 33.0 Å². The average Bonchev–Trinajstić information content (AvgIpc) is 2.59. The van der Waals surface area contributed by atoms with Crippen molar-refractivity contribution in [2.75, 3.05) is 5.32 Å². The number of esters is 1. The Balaban J connectivity index is 1.91. The molecule has 0 spiro atoms. The fourth-order valence-corrected chi connectivity index (χ4v) is 2.22. The first-order chi connectivity index (χ1) is 12.3. The van der Waals surface area contributed by atoms with Gasteiger partial charge in [0.05, 0.1) is 0 Å². The van der Waals surface area contributed by atoms with Crippen LogP contribution in [0.5, 0.6) is 5.75 Å². The Morgan fingerprint density at radius 3 is 2.38 bits per heavy atom. The van der Waals surface area contributed by atoms with Gasteiger partial charge in [0.2, 0.25) is 0 Å². The Bertz CT molecular complexity index is 795. The van der Waals surface area contributed by atoms with Crippen LogP contribution in [0.25, 0.3) is 0 Å². The van der Waals surface area contributed by atoms with E-state index < -0.39 is 29.9 Å². The van der Waals surface area contributed by atoms with Crippen LogP contribution in [0.2, 0.25) is 5.02 Å². The largest absolute Gasteiger partial charge is 0.479 e. The lowest BCUT2D eigenvalue weighted by Gasteiger charge is -2.18. The zero-order valence-electron chi connectivity index (χ0n) is 14.6. The molecule has 1 amide bonds. The minimum absolute atomic E-state index is 0.322. The number of nitrogens with one attached hydrogen (secondary N) is 1. The number of carbonyl (C=O) groups is 2. The summed E-state index contributed by atoms with van der Waals surface area (Å²) >= 11 is 5.92. The summed E-state index contributed by atoms with van der Waals surface area (Å²) in [5.74, 6) is -1.28. The van der Waals surface area contributed by atoms with Crippen molar-refractivity contribution in [2.24, 2.45) is 0 Å². The van der Waals surface area contributed by atoms with Gasteiger partial charge in [0.25, 0.3) is 5.91 Å². The molecule has 0 aliphatic heterocycles. The van der Waals surface area contributed by atoms with E-state index >= 15 is 0 Å². The molecule has 0 fully saturated rings. The van der Waals surface area contributed by atoms with Crippen molar-refractivity contribution in [3.05, 3.63) is 58.9 Å². The van der Waals surface area contributed by atoms with Crippen LogP contribution >= 0.6 is 11.6 Å². The number of carbonyl (C=O) groups excluding carboxylic acids is 2. The van der Waals surface area contributed by atoms with Crippen LogP contribution in [0.4, 0.5) is 10.1 Å². The minimum atomic E-state index is -1.03. The predicted molar refractivity (Wildman–Crippen MR) is 96.9 cm³/mol. The van der Waals surface area contributed by atoms with Gasteiger partial charge in [-0.25, -0.2) is 9.18 Å². The van der Waals surface area contributed by atoms with Crippen LogP contribution in [-0.4, -0.2) is 24.1 Å². The molecule has 7 heteroatoms. The zero-order chi connectivity index (χ0) is 19.3. The summed E-state index contributed by atoms with van der Waals surface area (Å²) in [6, 6.07) is 10.3. The molecule has 138 valence electrons. The lowest BCUT2D eigenvalue weighted by molar-refractivity contribution is -0.159. The number of benzene rings is 2. The Morgan fingerprint density at radius 2 is 1.73 bits per heavy atom. The third-order valence-electron chi connectivity index (χ3n) is 3.58. The molecule has 1 N–H and O–H groups in total. The molecule has 0 aliphatic rings. The van der Waals surface area contributed by atoms with Crippen molar-refractivity contribution in [3.8, 4) is 5.75 Å². The van der Waals surface area contributed by atoms with E-state index in [0.717, 1.165) is 5.56 Å². The molecule has 26 heavy (non-hydrogen) atoms. The molecule has 2 aromatic rings. The van der Waals surface area contributed by atoms with Crippen molar-refractivity contribution in [3.63, 3.8) is 0 Å². The number of aryl methyl sites for hydroxylation is 1. The topological polar surface area (TPSA) is 64.6 Å². The number of hydrogen-bond acceptors (Lipinski definition) is 4. The first-order valence-corrected chi connectivity index (χ1v) is 8.34. The van der Waals surface area contributed by atoms with Gasteiger partial charge in [-0.2, -0.15) is 0 Å². The van der Waals surface area contributed by atoms with E-state index in [1.54, 1.807) is 18.2 Å². The van der Waals surface area contributed by atoms with Gasteiger partial charge in [-0.3, -0.25) is 4.79 Å². The highest BCUT2D eigenvalue weighted by atomic mass is 35.5. The molecule has 0 heterocycles. The Morgan fingerprint density at radius 1 is 1.08 bits per heavy atom. The lowest BCUT2D eigenvalue weighted by Crippen LogP contribution is -2.35. The molecule has 0 bridgehead atoms. The van der Waals surface area contributed by atoms with Gasteiger partial charge in [0, 0.05) is 10.7 Å². The molecule has 2 atom stereocenters. The number of hydrogen-bond donors (Lipinski definition) is 1. The minimum Gasteiger partial charge on any atom is -0.479 e. The van der Waals surface area contributed by atoms with Gasteiger partial charge in [-0.05, 0) is 62.7 Å². The molecule has 0 aromatic heterocycles. The Labute approximate surface area is 156 Å². The quantitative estimate of drug-likeness (QED) is 0.766. The standard InChI is InChI=1S/C19H19ClFNO4/c1-11-4-5-14(20)10-17(11)22-18(23)12(2)26-19(24)13(3)25-16-8-6-15(21)7-9-16/h4-10,12-13H,1-3H3,(H,22,23)/t12-,13-/m0/s1. The van der Waals surface area contributed by atoms with E-state index in [9.17, 15) is 14.0 Å². The van der Waals surface area contributed by atoms with E-state index in [1.165, 1.54) is 38.1 Å². The van der Waals surface area contributed by atoms with Crippen LogP contribution in [0.3, 0.4) is 0 Å². The summed E-state index contributed by atoms with van der Waals surface area (Å²) in [7, 11) is 0. The first-order valence-electron chi connectivity index (χ1n) is 7.96. The molecule has 0 saturated heterocycles. The third kappa shape index (κ3) is 5.46. The summed E-state index contributed by atoms with van der Waals surface area (Å²) in [6.45, 7) is 4.76. The third-order valence-corrected chi connectivity index (χ3v) is 3.81. The second-order valence-electron chi connectivity index (χ2n) is 5.74. The van der Waals surface area contributed by atoms with Crippen molar-refractivity contribution in [1.82, 2.24) is 0 Å². The zero-order valence-corrected chi connectivity index (χ0v) is 15.3. The smallest absolute Gasteiger partial charge is 0.347 e. The first kappa shape index (κ1) is 19.7. The molecular formula is C19H19ClFNO4. The SMILES string of the molecule is Cc1ccc(Cl)cc1NC(=O)[C@H](C)OC(=O)[C@H](C)Oc1ccc(F)cc1. The maximum atomic E-state index is 12.9. The van der Waals surface area contributed by atoms with Gasteiger partial charge in [0.1, 0.15) is 11.6 Å². The monoisotopic (exact) mass is 379 g/mol. The number of halogens is 2. The Kier molecular flexibility index (Phi) is 6.58. The number of amides is 1. The van der Waals surface area contributed by atoms with E-state index in [1.807, 2.05) is 6.92 Å². The second-order valence-corrected chi connectivity index (χ2v) is 6.18. The van der Waals surface area contributed by atoms with Crippen LogP contribution in [-0.2, 0) is 14.3 Å². The van der Waals surface area contributed by atoms with E-state index in [0.29, 0.717) is 16.5 Å². The van der Waals surface area contributed by atoms with Crippen LogP contribution in [0, 0.1) is 12.7 Å². The van der Waals surface area contributed by atoms with Gasteiger partial charge >= 0.3 is 5.97 Å². The fraction of sp³-hybridized carbons (Fsp3) is 0.263. The van der Waals surface area contributed by atoms with Crippen LogP contribution in [0.15, 0.2) is 42.5 Å². The van der Waals surface area contributed by atoms with Gasteiger partial charge in [-0.15, -0.1) is 0 Å². The summed E-state index contributed by atoms with van der Waals surface area (Å²) in [4.78, 5) is 24.3. The number of ether oxygens (including phenoxy) is 2. The summed E-state index contributed by atoms with van der Waals surface area (Å²) < 4.78 is 23.4. The van der Waals surface area contributed by atoms with E-state index in [4.69, 9.17) is 21.1 Å². The Hall–Kier alpha value is -2.60. The van der Waals surface area contributed by atoms with Gasteiger partial charge < -0.3 is 14.8 Å². The molecular weight excluding hydrogens is 361 g/mol. The van der Waals surface area contributed by atoms with Crippen LogP contribution in [0.1, 0.15) is 19.4 Å². The predicted octanol–water partition coefficient (Wildman–Crippen LogP) is 4.13. The highest BCUT2D eigenvalue weighted by Gasteiger charge is 2.23. The van der Waals surface area contributed by atoms with Crippen molar-refractivity contribution in [1.29, 1.82) is 0 Å². The number of anilines is 1. The highest BCUT2D eigenvalue weighted by Crippen LogP contribution is 2.20. The summed E-state index contributed by atoms with van der Waals surface area (Å²) in [6.07, 6.45) is -1.98. The maximum absolute atomic E-state index is 12.9. The summed E-state index contributed by atoms with van der Waals surface area (Å²) in [5, 5.41) is 3.15. The van der Waals surface area contributed by atoms with Crippen LogP contribution < -0.4 is 10.1 Å². The lowest BCUT2D eigenvalue weighted by atomic mass is 10.2. The van der Waals surface area contributed by atoms with Crippen molar-refractivity contribution < 1.29 is 23.5 Å². The van der Waals surface area contributed by atoms with E-state index in [-0.39, 0.29) is 0 Å². The molecule has 0 radical (unpaired) electrons. The van der Waals surface area contributed by atoms with E-state index in [2.05, 4.69) is 5.32 Å².